The van der Waals surface area contributed by atoms with Crippen LogP contribution in [0, 0.1) is 0 Å². The van der Waals surface area contributed by atoms with Crippen LogP contribution in [0.1, 0.15) is 34.5 Å². The molecule has 0 aliphatic carbocycles. The average Bonchev–Trinajstić information content (AvgIpc) is 3.45. The van der Waals surface area contributed by atoms with Crippen molar-refractivity contribution < 1.29 is 35.4 Å². The van der Waals surface area contributed by atoms with Crippen molar-refractivity contribution in [3.8, 4) is 27.3 Å². The van der Waals surface area contributed by atoms with E-state index in [0.29, 0.717) is 57.4 Å². The van der Waals surface area contributed by atoms with Crippen LogP contribution in [0.2, 0.25) is 5.02 Å². The number of nitrogens with two attached hydrogens (primary N) is 1. The predicted octanol–water partition coefficient (Wildman–Crippen LogP) is 7.06. The number of likely N-dealkylation sites (tertiary alicyclic amines) is 1. The molecule has 7 nitrogen and oxygen atoms in total. The number of carbonyl (C=O) groups excluding carboxylic acids is 2. The lowest BCUT2D eigenvalue weighted by Crippen LogP contribution is -2.51. The zero-order valence-corrected chi connectivity index (χ0v) is 26.1. The molecular weight excluding hydrogens is 649 g/mol. The Morgan fingerprint density at radius 3 is 2.16 bits per heavy atom. The first-order chi connectivity index (χ1) is 21.3. The third kappa shape index (κ3) is 7.34. The lowest BCUT2D eigenvalue weighted by atomic mass is 9.72. The standard InChI is InChI=1S/C32H28ClF3N2O5S2/c33-26-9-5-4-8-24(26)28-25(21-10-12-23(13-11-21)43-45(41,42)19-16-32(34,35)36)20-27(44-28)29(39)38-17-14-31(15-18-38,30(37)40)22-6-2-1-3-7-22/h1-13,20H,14-19H2,(H2,37,40). The highest BCUT2D eigenvalue weighted by atomic mass is 35.5. The summed E-state index contributed by atoms with van der Waals surface area (Å²) in [4.78, 5) is 29.2. The van der Waals surface area contributed by atoms with Gasteiger partial charge in [-0.05, 0) is 48.2 Å². The molecule has 13 heteroatoms. The molecule has 1 aliphatic heterocycles. The van der Waals surface area contributed by atoms with Crippen LogP contribution in [0.15, 0.2) is 84.9 Å². The Kier molecular flexibility index (Phi) is 9.29. The Labute approximate surface area is 267 Å². The normalized spacial score (nSPS) is 15.1. The van der Waals surface area contributed by atoms with E-state index in [1.54, 1.807) is 35.2 Å². The van der Waals surface area contributed by atoms with Crippen LogP contribution >= 0.6 is 22.9 Å². The summed E-state index contributed by atoms with van der Waals surface area (Å²) < 4.78 is 66.5. The van der Waals surface area contributed by atoms with Crippen molar-refractivity contribution in [1.82, 2.24) is 4.90 Å². The van der Waals surface area contributed by atoms with Gasteiger partial charge in [-0.1, -0.05) is 72.3 Å². The molecule has 1 aliphatic rings. The summed E-state index contributed by atoms with van der Waals surface area (Å²) in [5.41, 5.74) is 7.76. The number of hydrogen-bond acceptors (Lipinski definition) is 6. The van der Waals surface area contributed by atoms with Crippen molar-refractivity contribution in [2.75, 3.05) is 18.8 Å². The number of primary amides is 1. The third-order valence-electron chi connectivity index (χ3n) is 7.79. The van der Waals surface area contributed by atoms with Crippen molar-refractivity contribution in [3.05, 3.63) is 100 Å². The van der Waals surface area contributed by atoms with Crippen molar-refractivity contribution in [2.24, 2.45) is 5.73 Å². The minimum Gasteiger partial charge on any atom is -0.382 e. The number of nitrogens with zero attached hydrogens (tertiary/aromatic N) is 1. The summed E-state index contributed by atoms with van der Waals surface area (Å²) in [6, 6.07) is 24.0. The van der Waals surface area contributed by atoms with Gasteiger partial charge in [0.05, 0.1) is 22.5 Å². The lowest BCUT2D eigenvalue weighted by molar-refractivity contribution is -0.130. The number of amides is 2. The Balaban J connectivity index is 1.41. The third-order valence-corrected chi connectivity index (χ3v) is 10.4. The van der Waals surface area contributed by atoms with Gasteiger partial charge in [0.2, 0.25) is 5.91 Å². The number of piperidine rings is 1. The van der Waals surface area contributed by atoms with Crippen LogP contribution < -0.4 is 9.92 Å². The molecule has 2 N–H and O–H groups in total. The average molecular weight is 677 g/mol. The molecule has 2 amide bonds. The van der Waals surface area contributed by atoms with E-state index in [1.165, 1.54) is 23.5 Å². The summed E-state index contributed by atoms with van der Waals surface area (Å²) in [6.45, 7) is 0.639. The molecule has 2 heterocycles. The largest absolute Gasteiger partial charge is 0.390 e. The Bertz CT molecular complexity index is 1800. The zero-order valence-electron chi connectivity index (χ0n) is 23.7. The summed E-state index contributed by atoms with van der Waals surface area (Å²) >= 11 is 7.78. The van der Waals surface area contributed by atoms with Gasteiger partial charge >= 0.3 is 16.3 Å². The highest BCUT2D eigenvalue weighted by molar-refractivity contribution is 7.87. The van der Waals surface area contributed by atoms with Gasteiger partial charge in [0.1, 0.15) is 5.75 Å². The van der Waals surface area contributed by atoms with Gasteiger partial charge in [-0.2, -0.15) is 21.6 Å². The molecular formula is C32H28ClF3N2O5S2. The highest BCUT2D eigenvalue weighted by Crippen LogP contribution is 2.43. The predicted molar refractivity (Wildman–Crippen MR) is 168 cm³/mol. The molecule has 0 radical (unpaired) electrons. The van der Waals surface area contributed by atoms with E-state index in [1.807, 2.05) is 42.5 Å². The molecule has 1 aromatic heterocycles. The molecule has 5 rings (SSSR count). The Morgan fingerprint density at radius 2 is 1.56 bits per heavy atom. The van der Waals surface area contributed by atoms with E-state index in [0.717, 1.165) is 5.56 Å². The quantitative estimate of drug-likeness (QED) is 0.191. The summed E-state index contributed by atoms with van der Waals surface area (Å²) in [7, 11) is -4.47. The molecule has 0 atom stereocenters. The van der Waals surface area contributed by atoms with E-state index in [4.69, 9.17) is 21.5 Å². The first kappa shape index (κ1) is 32.5. The van der Waals surface area contributed by atoms with E-state index < -0.39 is 39.8 Å². The van der Waals surface area contributed by atoms with Gasteiger partial charge in [-0.25, -0.2) is 0 Å². The van der Waals surface area contributed by atoms with Crippen molar-refractivity contribution in [2.45, 2.75) is 30.9 Å². The number of alkyl halides is 3. The molecule has 45 heavy (non-hydrogen) atoms. The SMILES string of the molecule is NC(=O)C1(c2ccccc2)CCN(C(=O)c2cc(-c3ccc(OS(=O)(=O)CCC(F)(F)F)cc3)c(-c3ccccc3Cl)s2)CC1. The summed E-state index contributed by atoms with van der Waals surface area (Å²) in [5.74, 6) is -1.99. The minimum absolute atomic E-state index is 0.142. The number of hydrogen-bond donors (Lipinski definition) is 1. The van der Waals surface area contributed by atoms with Crippen LogP contribution in [0.5, 0.6) is 5.75 Å². The van der Waals surface area contributed by atoms with Crippen molar-refractivity contribution >= 4 is 44.9 Å². The number of carbonyl (C=O) groups is 2. The van der Waals surface area contributed by atoms with E-state index in [-0.39, 0.29) is 11.7 Å². The molecule has 3 aromatic carbocycles. The van der Waals surface area contributed by atoms with Crippen LogP contribution in [0.25, 0.3) is 21.6 Å². The van der Waals surface area contributed by atoms with Gasteiger partial charge in [0.15, 0.2) is 0 Å². The lowest BCUT2D eigenvalue weighted by Gasteiger charge is -2.40. The molecule has 0 saturated carbocycles. The molecule has 1 saturated heterocycles. The van der Waals surface area contributed by atoms with Gasteiger partial charge < -0.3 is 14.8 Å². The van der Waals surface area contributed by atoms with Gasteiger partial charge in [-0.15, -0.1) is 11.3 Å². The molecule has 4 aromatic rings. The summed E-state index contributed by atoms with van der Waals surface area (Å²) in [5, 5.41) is 0.461. The monoisotopic (exact) mass is 676 g/mol. The zero-order chi connectivity index (χ0) is 32.4. The number of halogens is 4. The number of thiophene rings is 1. The maximum absolute atomic E-state index is 13.8. The molecule has 236 valence electrons. The topological polar surface area (TPSA) is 107 Å². The van der Waals surface area contributed by atoms with Gasteiger partial charge in [0, 0.05) is 34.1 Å². The van der Waals surface area contributed by atoms with Crippen LogP contribution in [0.3, 0.4) is 0 Å². The second-order valence-electron chi connectivity index (χ2n) is 10.7. The fourth-order valence-corrected chi connectivity index (χ4v) is 7.80. The highest BCUT2D eigenvalue weighted by Gasteiger charge is 2.42. The second-order valence-corrected chi connectivity index (χ2v) is 13.8. The second kappa shape index (κ2) is 12.9. The van der Waals surface area contributed by atoms with Gasteiger partial charge in [0.25, 0.3) is 5.91 Å². The maximum atomic E-state index is 13.8. The first-order valence-electron chi connectivity index (χ1n) is 13.9. The minimum atomic E-state index is -4.63. The van der Waals surface area contributed by atoms with E-state index >= 15 is 0 Å². The van der Waals surface area contributed by atoms with Crippen molar-refractivity contribution in [3.63, 3.8) is 0 Å². The molecule has 0 bridgehead atoms. The van der Waals surface area contributed by atoms with Crippen LogP contribution in [-0.2, 0) is 20.3 Å². The Morgan fingerprint density at radius 1 is 0.933 bits per heavy atom. The fraction of sp³-hybridized carbons (Fsp3) is 0.250. The van der Waals surface area contributed by atoms with Crippen molar-refractivity contribution in [1.29, 1.82) is 0 Å². The maximum Gasteiger partial charge on any atom is 0.390 e. The molecule has 0 spiro atoms. The van der Waals surface area contributed by atoms with E-state index in [2.05, 4.69) is 0 Å². The summed E-state index contributed by atoms with van der Waals surface area (Å²) in [6.07, 6.45) is -5.40. The van der Waals surface area contributed by atoms with Crippen LogP contribution in [0.4, 0.5) is 13.2 Å². The number of rotatable bonds is 9. The number of benzene rings is 3. The molecule has 0 unspecified atom stereocenters. The van der Waals surface area contributed by atoms with Crippen LogP contribution in [-0.4, -0.2) is 50.2 Å². The Hall–Kier alpha value is -3.87. The fourth-order valence-electron chi connectivity index (χ4n) is 5.36. The van der Waals surface area contributed by atoms with E-state index in [9.17, 15) is 31.2 Å². The molecule has 1 fully saturated rings. The van der Waals surface area contributed by atoms with Gasteiger partial charge in [-0.3, -0.25) is 9.59 Å². The first-order valence-corrected chi connectivity index (χ1v) is 16.7. The smallest absolute Gasteiger partial charge is 0.382 e.